The van der Waals surface area contributed by atoms with E-state index in [9.17, 15) is 4.79 Å². The van der Waals surface area contributed by atoms with Crippen LogP contribution in [0.4, 0.5) is 0 Å². The number of hydrogen-bond acceptors (Lipinski definition) is 6. The fraction of sp³-hybridized carbons (Fsp3) is 0.154. The molecule has 7 nitrogen and oxygen atoms in total. The molecule has 4 rings (SSSR count). The van der Waals surface area contributed by atoms with Crippen LogP contribution in [0.25, 0.3) is 0 Å². The molecule has 0 aliphatic rings. The first-order chi connectivity index (χ1) is 17.1. The SMILES string of the molecule is CCc1nnc(SCc2ccccc2)n1NC(=S)NC(=O)c1ccc(OCc2ccccc2)cc1. The summed E-state index contributed by atoms with van der Waals surface area (Å²) in [5.74, 6) is 1.82. The highest BCUT2D eigenvalue weighted by molar-refractivity contribution is 7.98. The van der Waals surface area contributed by atoms with Crippen molar-refractivity contribution in [2.24, 2.45) is 0 Å². The number of amides is 1. The molecule has 35 heavy (non-hydrogen) atoms. The summed E-state index contributed by atoms with van der Waals surface area (Å²) in [6.45, 7) is 2.45. The van der Waals surface area contributed by atoms with E-state index in [2.05, 4.69) is 33.1 Å². The van der Waals surface area contributed by atoms with Crippen LogP contribution in [-0.4, -0.2) is 25.9 Å². The molecule has 0 bridgehead atoms. The lowest BCUT2D eigenvalue weighted by molar-refractivity contribution is 0.0977. The number of nitrogens with zero attached hydrogens (tertiary/aromatic N) is 3. The Hall–Kier alpha value is -3.69. The highest BCUT2D eigenvalue weighted by atomic mass is 32.2. The molecule has 0 unspecified atom stereocenters. The lowest BCUT2D eigenvalue weighted by atomic mass is 10.2. The van der Waals surface area contributed by atoms with E-state index in [-0.39, 0.29) is 11.0 Å². The average Bonchev–Trinajstić information content (AvgIpc) is 3.28. The zero-order valence-electron chi connectivity index (χ0n) is 19.2. The lowest BCUT2D eigenvalue weighted by Gasteiger charge is -2.14. The summed E-state index contributed by atoms with van der Waals surface area (Å²) in [6.07, 6.45) is 0.660. The second kappa shape index (κ2) is 12.1. The Morgan fingerprint density at radius 1 is 0.943 bits per heavy atom. The Labute approximate surface area is 213 Å². The summed E-state index contributed by atoms with van der Waals surface area (Å²) in [6, 6.07) is 27.0. The van der Waals surface area contributed by atoms with Crippen molar-refractivity contribution in [2.75, 3.05) is 5.43 Å². The van der Waals surface area contributed by atoms with Gasteiger partial charge in [-0.2, -0.15) is 0 Å². The maximum Gasteiger partial charge on any atom is 0.257 e. The van der Waals surface area contributed by atoms with Gasteiger partial charge >= 0.3 is 0 Å². The van der Waals surface area contributed by atoms with Crippen molar-refractivity contribution in [3.63, 3.8) is 0 Å². The van der Waals surface area contributed by atoms with E-state index >= 15 is 0 Å². The van der Waals surface area contributed by atoms with Crippen LogP contribution in [0.15, 0.2) is 90.1 Å². The molecule has 2 N–H and O–H groups in total. The number of aryl methyl sites for hydroxylation is 1. The highest BCUT2D eigenvalue weighted by Crippen LogP contribution is 2.21. The zero-order valence-corrected chi connectivity index (χ0v) is 20.8. The minimum Gasteiger partial charge on any atom is -0.489 e. The number of ether oxygens (including phenoxy) is 1. The molecule has 1 heterocycles. The standard InChI is InChI=1S/C26H25N5O2S2/c1-2-23-28-29-26(35-18-20-11-7-4-8-12-20)31(23)30-25(34)27-24(32)21-13-15-22(16-14-21)33-17-19-9-5-3-6-10-19/h3-16H,2,17-18H2,1H3,(H2,27,30,32,34). The average molecular weight is 504 g/mol. The molecule has 0 aliphatic heterocycles. The van der Waals surface area contributed by atoms with Gasteiger partial charge in [-0.15, -0.1) is 10.2 Å². The molecular weight excluding hydrogens is 478 g/mol. The van der Waals surface area contributed by atoms with E-state index in [0.717, 1.165) is 17.1 Å². The Kier molecular flexibility index (Phi) is 8.48. The quantitative estimate of drug-likeness (QED) is 0.247. The van der Waals surface area contributed by atoms with Crippen LogP contribution in [0, 0.1) is 0 Å². The number of rotatable bonds is 9. The van der Waals surface area contributed by atoms with Crippen molar-refractivity contribution < 1.29 is 9.53 Å². The summed E-state index contributed by atoms with van der Waals surface area (Å²) in [4.78, 5) is 12.7. The van der Waals surface area contributed by atoms with Crippen molar-refractivity contribution >= 4 is 35.0 Å². The number of carbonyl (C=O) groups is 1. The normalized spacial score (nSPS) is 10.5. The maximum atomic E-state index is 12.7. The van der Waals surface area contributed by atoms with E-state index in [1.54, 1.807) is 28.9 Å². The topological polar surface area (TPSA) is 81.1 Å². The second-order valence-electron chi connectivity index (χ2n) is 7.56. The van der Waals surface area contributed by atoms with Gasteiger partial charge in [0.1, 0.15) is 12.4 Å². The number of thioether (sulfide) groups is 1. The van der Waals surface area contributed by atoms with Crippen molar-refractivity contribution in [3.8, 4) is 5.75 Å². The first-order valence-corrected chi connectivity index (χ1v) is 12.5. The van der Waals surface area contributed by atoms with Gasteiger partial charge in [0.15, 0.2) is 10.9 Å². The number of carbonyl (C=O) groups excluding carboxylic acids is 1. The van der Waals surface area contributed by atoms with E-state index < -0.39 is 0 Å². The van der Waals surface area contributed by atoms with Crippen LogP contribution < -0.4 is 15.5 Å². The van der Waals surface area contributed by atoms with Gasteiger partial charge in [-0.3, -0.25) is 15.5 Å². The van der Waals surface area contributed by atoms with Crippen LogP contribution in [0.1, 0.15) is 34.2 Å². The van der Waals surface area contributed by atoms with Gasteiger partial charge < -0.3 is 4.74 Å². The number of nitrogens with one attached hydrogen (secondary N) is 2. The van der Waals surface area contributed by atoms with Gasteiger partial charge in [0.05, 0.1) is 0 Å². The predicted molar refractivity (Wildman–Crippen MR) is 142 cm³/mol. The Bertz CT molecular complexity index is 1260. The molecule has 178 valence electrons. The Balaban J connectivity index is 1.33. The summed E-state index contributed by atoms with van der Waals surface area (Å²) >= 11 is 6.93. The predicted octanol–water partition coefficient (Wildman–Crippen LogP) is 4.97. The van der Waals surface area contributed by atoms with Crippen molar-refractivity contribution in [2.45, 2.75) is 30.9 Å². The third-order valence-electron chi connectivity index (χ3n) is 5.03. The molecule has 0 atom stereocenters. The first kappa shape index (κ1) is 24.4. The van der Waals surface area contributed by atoms with Gasteiger partial charge in [0.25, 0.3) is 5.91 Å². The number of hydrogen-bond donors (Lipinski definition) is 2. The van der Waals surface area contributed by atoms with E-state index in [1.165, 1.54) is 17.3 Å². The monoisotopic (exact) mass is 503 g/mol. The van der Waals surface area contributed by atoms with Crippen molar-refractivity contribution in [1.29, 1.82) is 0 Å². The summed E-state index contributed by atoms with van der Waals surface area (Å²) in [5.41, 5.74) is 5.77. The molecule has 3 aromatic carbocycles. The Morgan fingerprint density at radius 3 is 2.26 bits per heavy atom. The molecule has 1 aromatic heterocycles. The lowest BCUT2D eigenvalue weighted by Crippen LogP contribution is -2.38. The molecular formula is C26H25N5O2S2. The Morgan fingerprint density at radius 2 is 1.60 bits per heavy atom. The zero-order chi connectivity index (χ0) is 24.5. The minimum atomic E-state index is -0.318. The van der Waals surface area contributed by atoms with Gasteiger partial charge in [-0.1, -0.05) is 79.3 Å². The van der Waals surface area contributed by atoms with Crippen LogP contribution in [0.3, 0.4) is 0 Å². The third kappa shape index (κ3) is 6.91. The summed E-state index contributed by atoms with van der Waals surface area (Å²) < 4.78 is 7.50. The van der Waals surface area contributed by atoms with Gasteiger partial charge in [-0.05, 0) is 47.6 Å². The smallest absolute Gasteiger partial charge is 0.257 e. The van der Waals surface area contributed by atoms with Gasteiger partial charge in [0, 0.05) is 17.7 Å². The molecule has 9 heteroatoms. The van der Waals surface area contributed by atoms with Crippen LogP contribution in [0.5, 0.6) is 5.75 Å². The fourth-order valence-electron chi connectivity index (χ4n) is 3.21. The molecule has 0 fully saturated rings. The minimum absolute atomic E-state index is 0.162. The maximum absolute atomic E-state index is 12.7. The third-order valence-corrected chi connectivity index (χ3v) is 6.23. The van der Waals surface area contributed by atoms with Crippen LogP contribution >= 0.6 is 24.0 Å². The number of thiocarbonyl (C=S) groups is 1. The number of benzene rings is 3. The number of aromatic nitrogens is 3. The van der Waals surface area contributed by atoms with Crippen LogP contribution in [-0.2, 0) is 18.8 Å². The summed E-state index contributed by atoms with van der Waals surface area (Å²) in [7, 11) is 0. The van der Waals surface area contributed by atoms with E-state index in [4.69, 9.17) is 17.0 Å². The molecule has 1 amide bonds. The van der Waals surface area contributed by atoms with Gasteiger partial charge in [0.2, 0.25) is 5.16 Å². The molecule has 0 saturated heterocycles. The largest absolute Gasteiger partial charge is 0.489 e. The van der Waals surface area contributed by atoms with Gasteiger partial charge in [-0.25, -0.2) is 4.68 Å². The van der Waals surface area contributed by atoms with E-state index in [0.29, 0.717) is 29.5 Å². The highest BCUT2D eigenvalue weighted by Gasteiger charge is 2.15. The van der Waals surface area contributed by atoms with Crippen molar-refractivity contribution in [3.05, 3.63) is 107 Å². The molecule has 0 aliphatic carbocycles. The van der Waals surface area contributed by atoms with E-state index in [1.807, 2.05) is 55.5 Å². The molecule has 0 radical (unpaired) electrons. The second-order valence-corrected chi connectivity index (χ2v) is 8.91. The molecule has 0 saturated carbocycles. The fourth-order valence-corrected chi connectivity index (χ4v) is 4.26. The molecule has 4 aromatic rings. The first-order valence-electron chi connectivity index (χ1n) is 11.1. The molecule has 0 spiro atoms. The summed E-state index contributed by atoms with van der Waals surface area (Å²) in [5, 5.41) is 12.0. The van der Waals surface area contributed by atoms with Crippen molar-refractivity contribution in [1.82, 2.24) is 20.2 Å². The van der Waals surface area contributed by atoms with Crippen LogP contribution in [0.2, 0.25) is 0 Å².